The Morgan fingerprint density at radius 3 is 2.35 bits per heavy atom. The number of halogens is 1. The van der Waals surface area contributed by atoms with Crippen molar-refractivity contribution in [2.75, 3.05) is 16.9 Å². The van der Waals surface area contributed by atoms with Crippen molar-refractivity contribution in [1.82, 2.24) is 4.90 Å². The maximum Gasteiger partial charge on any atom is 0.255 e. The van der Waals surface area contributed by atoms with Crippen molar-refractivity contribution in [3.05, 3.63) is 64.5 Å². The van der Waals surface area contributed by atoms with E-state index in [1.54, 1.807) is 30.9 Å². The number of aryl methyl sites for hydroxylation is 3. The SMILES string of the molecule is Cc1ccc(NC(=O)C2CSCN2C(=O)c2cc(C)c(F)c(C)c2)cc1. The van der Waals surface area contributed by atoms with E-state index in [1.807, 2.05) is 31.2 Å². The zero-order valence-corrected chi connectivity index (χ0v) is 15.8. The van der Waals surface area contributed by atoms with Gasteiger partial charge in [0.2, 0.25) is 5.91 Å². The minimum Gasteiger partial charge on any atom is -0.324 e. The van der Waals surface area contributed by atoms with Gasteiger partial charge in [-0.2, -0.15) is 0 Å². The maximum atomic E-state index is 13.8. The van der Waals surface area contributed by atoms with Gasteiger partial charge in [0, 0.05) is 17.0 Å². The average molecular weight is 372 g/mol. The molecule has 1 saturated heterocycles. The number of rotatable bonds is 3. The molecule has 1 atom stereocenters. The molecule has 3 rings (SSSR count). The minimum absolute atomic E-state index is 0.206. The molecule has 0 aliphatic carbocycles. The highest BCUT2D eigenvalue weighted by Crippen LogP contribution is 2.26. The zero-order valence-electron chi connectivity index (χ0n) is 15.0. The molecular weight excluding hydrogens is 351 g/mol. The first-order valence-electron chi connectivity index (χ1n) is 8.40. The second kappa shape index (κ2) is 7.50. The van der Waals surface area contributed by atoms with E-state index in [-0.39, 0.29) is 17.6 Å². The third-order valence-corrected chi connectivity index (χ3v) is 5.46. The number of amides is 2. The molecule has 2 aromatic rings. The van der Waals surface area contributed by atoms with Crippen molar-refractivity contribution in [2.24, 2.45) is 0 Å². The van der Waals surface area contributed by atoms with Crippen LogP contribution in [0.3, 0.4) is 0 Å². The first kappa shape index (κ1) is 18.5. The predicted molar refractivity (Wildman–Crippen MR) is 103 cm³/mol. The van der Waals surface area contributed by atoms with E-state index in [9.17, 15) is 14.0 Å². The van der Waals surface area contributed by atoms with Gasteiger partial charge in [-0.15, -0.1) is 11.8 Å². The topological polar surface area (TPSA) is 49.4 Å². The van der Waals surface area contributed by atoms with Crippen LogP contribution in [0.1, 0.15) is 27.0 Å². The van der Waals surface area contributed by atoms with E-state index in [0.29, 0.717) is 34.0 Å². The van der Waals surface area contributed by atoms with Crippen LogP contribution in [0, 0.1) is 26.6 Å². The normalized spacial score (nSPS) is 16.6. The van der Waals surface area contributed by atoms with E-state index >= 15 is 0 Å². The Kier molecular flexibility index (Phi) is 5.32. The van der Waals surface area contributed by atoms with E-state index < -0.39 is 6.04 Å². The Hall–Kier alpha value is -2.34. The summed E-state index contributed by atoms with van der Waals surface area (Å²) in [6.45, 7) is 5.26. The predicted octanol–water partition coefficient (Wildman–Crippen LogP) is 3.90. The van der Waals surface area contributed by atoms with Crippen LogP contribution in [-0.4, -0.2) is 34.4 Å². The molecule has 0 spiro atoms. The lowest BCUT2D eigenvalue weighted by molar-refractivity contribution is -0.119. The highest BCUT2D eigenvalue weighted by Gasteiger charge is 2.35. The first-order chi connectivity index (χ1) is 12.4. The number of anilines is 1. The van der Waals surface area contributed by atoms with Crippen LogP contribution in [-0.2, 0) is 4.79 Å². The van der Waals surface area contributed by atoms with Crippen molar-refractivity contribution < 1.29 is 14.0 Å². The molecule has 2 aromatic carbocycles. The van der Waals surface area contributed by atoms with Crippen molar-refractivity contribution in [2.45, 2.75) is 26.8 Å². The standard InChI is InChI=1S/C20H21FN2O2S/c1-12-4-6-16(7-5-12)22-19(24)17-10-26-11-23(17)20(25)15-8-13(2)18(21)14(3)9-15/h4-9,17H,10-11H2,1-3H3,(H,22,24). The van der Waals surface area contributed by atoms with Crippen LogP contribution < -0.4 is 5.32 Å². The summed E-state index contributed by atoms with van der Waals surface area (Å²) >= 11 is 1.54. The number of hydrogen-bond acceptors (Lipinski definition) is 3. The summed E-state index contributed by atoms with van der Waals surface area (Å²) in [5.74, 6) is 0.238. The Bertz CT molecular complexity index is 828. The molecule has 1 N–H and O–H groups in total. The van der Waals surface area contributed by atoms with Gasteiger partial charge >= 0.3 is 0 Å². The van der Waals surface area contributed by atoms with Crippen molar-refractivity contribution in [3.8, 4) is 0 Å². The molecule has 1 unspecified atom stereocenters. The van der Waals surface area contributed by atoms with Gasteiger partial charge in [0.1, 0.15) is 11.9 Å². The van der Waals surface area contributed by atoms with Crippen LogP contribution in [0.4, 0.5) is 10.1 Å². The molecule has 0 aromatic heterocycles. The summed E-state index contributed by atoms with van der Waals surface area (Å²) < 4.78 is 13.8. The summed E-state index contributed by atoms with van der Waals surface area (Å²) in [5, 5.41) is 2.87. The van der Waals surface area contributed by atoms with Crippen molar-refractivity contribution >= 4 is 29.3 Å². The van der Waals surface area contributed by atoms with Gasteiger partial charge in [-0.05, 0) is 56.2 Å². The van der Waals surface area contributed by atoms with Crippen LogP contribution in [0.5, 0.6) is 0 Å². The minimum atomic E-state index is -0.542. The number of hydrogen-bond donors (Lipinski definition) is 1. The molecule has 1 aliphatic rings. The van der Waals surface area contributed by atoms with Gasteiger partial charge in [0.05, 0.1) is 5.88 Å². The second-order valence-corrected chi connectivity index (χ2v) is 7.57. The van der Waals surface area contributed by atoms with Crippen molar-refractivity contribution in [3.63, 3.8) is 0 Å². The molecular formula is C20H21FN2O2S. The smallest absolute Gasteiger partial charge is 0.255 e. The summed E-state index contributed by atoms with van der Waals surface area (Å²) in [5.41, 5.74) is 3.09. The van der Waals surface area contributed by atoms with Gasteiger partial charge in [-0.25, -0.2) is 4.39 Å². The van der Waals surface area contributed by atoms with Crippen LogP contribution >= 0.6 is 11.8 Å². The van der Waals surface area contributed by atoms with E-state index in [2.05, 4.69) is 5.32 Å². The zero-order chi connectivity index (χ0) is 18.8. The number of nitrogens with one attached hydrogen (secondary N) is 1. The number of thioether (sulfide) groups is 1. The van der Waals surface area contributed by atoms with Crippen molar-refractivity contribution in [1.29, 1.82) is 0 Å². The number of carbonyl (C=O) groups is 2. The quantitative estimate of drug-likeness (QED) is 0.889. The Labute approximate surface area is 156 Å². The average Bonchev–Trinajstić information content (AvgIpc) is 3.10. The highest BCUT2D eigenvalue weighted by atomic mass is 32.2. The fourth-order valence-corrected chi connectivity index (χ4v) is 4.11. The van der Waals surface area contributed by atoms with E-state index in [4.69, 9.17) is 0 Å². The van der Waals surface area contributed by atoms with Gasteiger partial charge in [-0.3, -0.25) is 9.59 Å². The molecule has 2 amide bonds. The molecule has 1 aliphatic heterocycles. The summed E-state index contributed by atoms with van der Waals surface area (Å²) in [4.78, 5) is 27.1. The lowest BCUT2D eigenvalue weighted by atomic mass is 10.0. The number of carbonyl (C=O) groups excluding carboxylic acids is 2. The summed E-state index contributed by atoms with van der Waals surface area (Å²) in [7, 11) is 0. The van der Waals surface area contributed by atoms with Gasteiger partial charge < -0.3 is 10.2 Å². The highest BCUT2D eigenvalue weighted by molar-refractivity contribution is 7.99. The third kappa shape index (κ3) is 3.75. The summed E-state index contributed by atoms with van der Waals surface area (Å²) in [6, 6.07) is 10.1. The Morgan fingerprint density at radius 1 is 1.12 bits per heavy atom. The van der Waals surface area contributed by atoms with Crippen LogP contribution in [0.2, 0.25) is 0 Å². The van der Waals surface area contributed by atoms with E-state index in [1.165, 1.54) is 11.8 Å². The lowest BCUT2D eigenvalue weighted by Gasteiger charge is -2.23. The molecule has 1 heterocycles. The monoisotopic (exact) mass is 372 g/mol. The molecule has 0 saturated carbocycles. The van der Waals surface area contributed by atoms with Gasteiger partial charge in [0.25, 0.3) is 5.91 Å². The Morgan fingerprint density at radius 2 is 1.73 bits per heavy atom. The molecule has 136 valence electrons. The number of nitrogens with zero attached hydrogens (tertiary/aromatic N) is 1. The number of benzene rings is 2. The fourth-order valence-electron chi connectivity index (χ4n) is 2.96. The van der Waals surface area contributed by atoms with Crippen LogP contribution in [0.15, 0.2) is 36.4 Å². The summed E-state index contributed by atoms with van der Waals surface area (Å²) in [6.07, 6.45) is 0. The molecule has 4 nitrogen and oxygen atoms in total. The molecule has 0 bridgehead atoms. The Balaban J connectivity index is 1.78. The largest absolute Gasteiger partial charge is 0.324 e. The second-order valence-electron chi connectivity index (χ2n) is 6.57. The van der Waals surface area contributed by atoms with E-state index in [0.717, 1.165) is 5.56 Å². The lowest BCUT2D eigenvalue weighted by Crippen LogP contribution is -2.44. The van der Waals surface area contributed by atoms with Crippen LogP contribution in [0.25, 0.3) is 0 Å². The first-order valence-corrected chi connectivity index (χ1v) is 9.55. The molecule has 0 radical (unpaired) electrons. The van der Waals surface area contributed by atoms with Gasteiger partial charge in [-0.1, -0.05) is 17.7 Å². The third-order valence-electron chi connectivity index (χ3n) is 4.45. The van der Waals surface area contributed by atoms with Gasteiger partial charge in [0.15, 0.2) is 0 Å². The molecule has 26 heavy (non-hydrogen) atoms. The molecule has 1 fully saturated rings. The fraction of sp³-hybridized carbons (Fsp3) is 0.300. The molecule has 6 heteroatoms. The maximum absolute atomic E-state index is 13.8.